The van der Waals surface area contributed by atoms with E-state index in [-0.39, 0.29) is 0 Å². The average molecular weight is 273 g/mol. The largest absolute Gasteiger partial charge is 0.489 e. The molecule has 0 saturated heterocycles. The van der Waals surface area contributed by atoms with Gasteiger partial charge >= 0.3 is 0 Å². The molecule has 4 nitrogen and oxygen atoms in total. The summed E-state index contributed by atoms with van der Waals surface area (Å²) in [6.07, 6.45) is 5.00. The van der Waals surface area contributed by atoms with Crippen molar-refractivity contribution in [3.8, 4) is 5.75 Å². The molecule has 2 heterocycles. The van der Waals surface area contributed by atoms with Crippen molar-refractivity contribution in [3.05, 3.63) is 59.3 Å². The van der Waals surface area contributed by atoms with Gasteiger partial charge in [-0.3, -0.25) is 4.98 Å². The highest BCUT2D eigenvalue weighted by Crippen LogP contribution is 2.30. The SMILES string of the molecule is O=S1(=O)C=Cc2ccc(OCc3cccnc3)cc21. The summed E-state index contributed by atoms with van der Waals surface area (Å²) in [5.41, 5.74) is 1.64. The Hall–Kier alpha value is -2.14. The Balaban J connectivity index is 1.81. The third-order valence-electron chi connectivity index (χ3n) is 2.85. The van der Waals surface area contributed by atoms with Crippen LogP contribution in [0.4, 0.5) is 0 Å². The molecule has 0 saturated carbocycles. The third kappa shape index (κ3) is 2.37. The number of sulfone groups is 1. The van der Waals surface area contributed by atoms with Gasteiger partial charge in [-0.2, -0.15) is 0 Å². The smallest absolute Gasteiger partial charge is 0.200 e. The highest BCUT2D eigenvalue weighted by atomic mass is 32.2. The molecule has 0 radical (unpaired) electrons. The maximum Gasteiger partial charge on any atom is 0.200 e. The van der Waals surface area contributed by atoms with E-state index in [0.717, 1.165) is 5.56 Å². The first-order valence-corrected chi connectivity index (χ1v) is 7.29. The molecule has 19 heavy (non-hydrogen) atoms. The number of aromatic nitrogens is 1. The third-order valence-corrected chi connectivity index (χ3v) is 4.31. The maximum absolute atomic E-state index is 11.7. The number of fused-ring (bicyclic) bond motifs is 1. The van der Waals surface area contributed by atoms with Gasteiger partial charge in [-0.15, -0.1) is 0 Å². The summed E-state index contributed by atoms with van der Waals surface area (Å²) < 4.78 is 29.0. The summed E-state index contributed by atoms with van der Waals surface area (Å²) in [5.74, 6) is 0.537. The topological polar surface area (TPSA) is 56.3 Å². The summed E-state index contributed by atoms with van der Waals surface area (Å²) >= 11 is 0. The molecule has 1 aromatic heterocycles. The van der Waals surface area contributed by atoms with E-state index < -0.39 is 9.84 Å². The number of hydrogen-bond donors (Lipinski definition) is 0. The van der Waals surface area contributed by atoms with Crippen LogP contribution < -0.4 is 4.74 Å². The number of benzene rings is 1. The number of rotatable bonds is 3. The number of pyridine rings is 1. The fraction of sp³-hybridized carbons (Fsp3) is 0.0714. The molecule has 0 N–H and O–H groups in total. The van der Waals surface area contributed by atoms with E-state index in [0.29, 0.717) is 22.8 Å². The first-order valence-electron chi connectivity index (χ1n) is 5.74. The minimum Gasteiger partial charge on any atom is -0.489 e. The molecule has 0 spiro atoms. The summed E-state index contributed by atoms with van der Waals surface area (Å²) in [4.78, 5) is 4.29. The lowest BCUT2D eigenvalue weighted by molar-refractivity contribution is 0.305. The first kappa shape index (κ1) is 11.9. The Bertz CT molecular complexity index is 737. The molecule has 2 aromatic rings. The summed E-state index contributed by atoms with van der Waals surface area (Å²) in [5, 5.41) is 1.21. The van der Waals surface area contributed by atoms with Crippen molar-refractivity contribution in [2.75, 3.05) is 0 Å². The van der Waals surface area contributed by atoms with Gasteiger partial charge < -0.3 is 4.74 Å². The molecule has 0 fully saturated rings. The van der Waals surface area contributed by atoms with Gasteiger partial charge in [-0.1, -0.05) is 6.07 Å². The second-order valence-electron chi connectivity index (χ2n) is 4.20. The van der Waals surface area contributed by atoms with E-state index in [1.807, 2.05) is 12.1 Å². The number of hydrogen-bond acceptors (Lipinski definition) is 4. The van der Waals surface area contributed by atoms with Gasteiger partial charge in [-0.25, -0.2) is 8.42 Å². The lowest BCUT2D eigenvalue weighted by Gasteiger charge is -2.07. The van der Waals surface area contributed by atoms with Crippen LogP contribution in [0.5, 0.6) is 5.75 Å². The molecule has 96 valence electrons. The lowest BCUT2D eigenvalue weighted by atomic mass is 10.2. The molecule has 1 aliphatic rings. The van der Waals surface area contributed by atoms with Gasteiger partial charge in [0.2, 0.25) is 9.84 Å². The van der Waals surface area contributed by atoms with Gasteiger partial charge in [0.05, 0.1) is 4.90 Å². The van der Waals surface area contributed by atoms with E-state index in [4.69, 9.17) is 4.74 Å². The van der Waals surface area contributed by atoms with Crippen LogP contribution >= 0.6 is 0 Å². The van der Waals surface area contributed by atoms with Crippen molar-refractivity contribution in [2.45, 2.75) is 11.5 Å². The summed E-state index contributed by atoms with van der Waals surface area (Å²) in [6.45, 7) is 0.361. The fourth-order valence-electron chi connectivity index (χ4n) is 1.87. The highest BCUT2D eigenvalue weighted by molar-refractivity contribution is 7.94. The van der Waals surface area contributed by atoms with E-state index >= 15 is 0 Å². The minimum absolute atomic E-state index is 0.302. The quantitative estimate of drug-likeness (QED) is 0.861. The molecule has 0 amide bonds. The zero-order valence-corrected chi connectivity index (χ0v) is 10.8. The molecular formula is C14H11NO3S. The van der Waals surface area contributed by atoms with Gasteiger partial charge in [0, 0.05) is 23.4 Å². The summed E-state index contributed by atoms with van der Waals surface area (Å²) in [6, 6.07) is 8.80. The fourth-order valence-corrected chi connectivity index (χ4v) is 3.09. The first-order chi connectivity index (χ1) is 9.15. The van der Waals surface area contributed by atoms with Crippen LogP contribution in [0.3, 0.4) is 0 Å². The molecule has 0 bridgehead atoms. The zero-order chi connectivity index (χ0) is 13.3. The maximum atomic E-state index is 11.7. The van der Waals surface area contributed by atoms with Crippen LogP contribution in [0, 0.1) is 0 Å². The van der Waals surface area contributed by atoms with Crippen LogP contribution in [-0.4, -0.2) is 13.4 Å². The van der Waals surface area contributed by atoms with E-state index in [1.165, 1.54) is 5.41 Å². The van der Waals surface area contributed by atoms with Crippen molar-refractivity contribution >= 4 is 15.9 Å². The van der Waals surface area contributed by atoms with Crippen LogP contribution in [0.15, 0.2) is 53.0 Å². The number of nitrogens with zero attached hydrogens (tertiary/aromatic N) is 1. The monoisotopic (exact) mass is 273 g/mol. The zero-order valence-electron chi connectivity index (χ0n) is 9.98. The van der Waals surface area contributed by atoms with E-state index in [2.05, 4.69) is 4.98 Å². The van der Waals surface area contributed by atoms with Crippen molar-refractivity contribution in [1.29, 1.82) is 0 Å². The molecule has 0 aliphatic carbocycles. The van der Waals surface area contributed by atoms with Gasteiger partial charge in [0.1, 0.15) is 12.4 Å². The Morgan fingerprint density at radius 3 is 2.89 bits per heavy atom. The Morgan fingerprint density at radius 1 is 1.21 bits per heavy atom. The van der Waals surface area contributed by atoms with Crippen molar-refractivity contribution in [3.63, 3.8) is 0 Å². The average Bonchev–Trinajstić information content (AvgIpc) is 2.73. The Morgan fingerprint density at radius 2 is 2.11 bits per heavy atom. The molecule has 5 heteroatoms. The van der Waals surface area contributed by atoms with Crippen molar-refractivity contribution in [2.24, 2.45) is 0 Å². The van der Waals surface area contributed by atoms with E-state index in [9.17, 15) is 8.42 Å². The second kappa shape index (κ2) is 4.51. The predicted molar refractivity (Wildman–Crippen MR) is 71.2 cm³/mol. The Labute approximate surface area is 111 Å². The minimum atomic E-state index is -3.28. The van der Waals surface area contributed by atoms with Crippen LogP contribution in [0.1, 0.15) is 11.1 Å². The molecule has 3 rings (SSSR count). The van der Waals surface area contributed by atoms with Crippen molar-refractivity contribution < 1.29 is 13.2 Å². The van der Waals surface area contributed by atoms with Crippen LogP contribution in [-0.2, 0) is 16.4 Å². The second-order valence-corrected chi connectivity index (χ2v) is 6.00. The van der Waals surface area contributed by atoms with Gasteiger partial charge in [-0.05, 0) is 35.9 Å². The molecule has 0 unspecified atom stereocenters. The lowest BCUT2D eigenvalue weighted by Crippen LogP contribution is -1.98. The van der Waals surface area contributed by atoms with Gasteiger partial charge in [0.15, 0.2) is 0 Å². The Kier molecular flexibility index (Phi) is 2.83. The molecule has 1 aromatic carbocycles. The standard InChI is InChI=1S/C14H11NO3S/c16-19(17)7-5-12-3-4-13(8-14(12)19)18-10-11-2-1-6-15-9-11/h1-9H,10H2. The summed E-state index contributed by atoms with van der Waals surface area (Å²) in [7, 11) is -3.28. The van der Waals surface area contributed by atoms with E-state index in [1.54, 1.807) is 36.7 Å². The van der Waals surface area contributed by atoms with Crippen LogP contribution in [0.2, 0.25) is 0 Å². The normalized spacial score (nSPS) is 15.2. The van der Waals surface area contributed by atoms with Crippen LogP contribution in [0.25, 0.3) is 6.08 Å². The highest BCUT2D eigenvalue weighted by Gasteiger charge is 2.20. The molecule has 0 atom stereocenters. The molecular weight excluding hydrogens is 262 g/mol. The van der Waals surface area contributed by atoms with Gasteiger partial charge in [0.25, 0.3) is 0 Å². The predicted octanol–water partition coefficient (Wildman–Crippen LogP) is 2.42. The van der Waals surface area contributed by atoms with Crippen molar-refractivity contribution in [1.82, 2.24) is 4.98 Å². The molecule has 1 aliphatic heterocycles. The number of ether oxygens (including phenoxy) is 1.